The maximum absolute atomic E-state index is 14.1. The summed E-state index contributed by atoms with van der Waals surface area (Å²) in [4.78, 5) is 38.4. The molecule has 2 atom stereocenters. The van der Waals surface area contributed by atoms with Crippen LogP contribution >= 0.6 is 0 Å². The van der Waals surface area contributed by atoms with E-state index in [9.17, 15) is 23.2 Å². The molecule has 6 nitrogen and oxygen atoms in total. The molecule has 3 rings (SSSR count). The van der Waals surface area contributed by atoms with Gasteiger partial charge in [-0.2, -0.15) is 0 Å². The van der Waals surface area contributed by atoms with Gasteiger partial charge in [0, 0.05) is 25.9 Å². The highest BCUT2D eigenvalue weighted by Crippen LogP contribution is 2.37. The predicted molar refractivity (Wildman–Crippen MR) is 76.7 cm³/mol. The number of rotatable bonds is 2. The molecule has 1 N–H and O–H groups in total. The van der Waals surface area contributed by atoms with Crippen molar-refractivity contribution < 1.29 is 23.2 Å². The smallest absolute Gasteiger partial charge is 0.263 e. The molecule has 2 aliphatic heterocycles. The Morgan fingerprint density at radius 1 is 1.09 bits per heavy atom. The summed E-state index contributed by atoms with van der Waals surface area (Å²) in [6.45, 7) is 0.499. The number of piperidine rings is 1. The minimum atomic E-state index is -2.75. The van der Waals surface area contributed by atoms with E-state index in [2.05, 4.69) is 5.32 Å². The molecular weight excluding hydrogens is 308 g/mol. The molecule has 3 amide bonds. The molecule has 0 aromatic carbocycles. The van der Waals surface area contributed by atoms with Gasteiger partial charge in [0.05, 0.1) is 12.6 Å². The van der Waals surface area contributed by atoms with Crippen molar-refractivity contribution in [3.8, 4) is 0 Å². The molecular formula is C15H21F2N3O3. The summed E-state index contributed by atoms with van der Waals surface area (Å²) in [6, 6.07) is -1.54. The lowest BCUT2D eigenvalue weighted by Crippen LogP contribution is -2.63. The van der Waals surface area contributed by atoms with Crippen molar-refractivity contribution in [3.63, 3.8) is 0 Å². The molecule has 0 bridgehead atoms. The third kappa shape index (κ3) is 3.22. The van der Waals surface area contributed by atoms with Crippen molar-refractivity contribution in [2.75, 3.05) is 19.6 Å². The Balaban J connectivity index is 1.64. The van der Waals surface area contributed by atoms with Gasteiger partial charge in [0.2, 0.25) is 17.7 Å². The molecule has 1 saturated carbocycles. The molecule has 3 aliphatic rings. The van der Waals surface area contributed by atoms with E-state index in [1.54, 1.807) is 4.90 Å². The molecule has 2 heterocycles. The van der Waals surface area contributed by atoms with E-state index < -0.39 is 23.9 Å². The van der Waals surface area contributed by atoms with Gasteiger partial charge in [0.1, 0.15) is 6.04 Å². The van der Waals surface area contributed by atoms with Crippen LogP contribution in [0, 0.1) is 0 Å². The zero-order valence-corrected chi connectivity index (χ0v) is 12.9. The van der Waals surface area contributed by atoms with Crippen molar-refractivity contribution in [3.05, 3.63) is 0 Å². The van der Waals surface area contributed by atoms with Crippen LogP contribution in [0.3, 0.4) is 0 Å². The second kappa shape index (κ2) is 6.14. The monoisotopic (exact) mass is 329 g/mol. The molecule has 23 heavy (non-hydrogen) atoms. The summed E-state index contributed by atoms with van der Waals surface area (Å²) in [7, 11) is 0. The lowest BCUT2D eigenvalue weighted by molar-refractivity contribution is -0.156. The summed E-state index contributed by atoms with van der Waals surface area (Å²) < 4.78 is 28.1. The van der Waals surface area contributed by atoms with Crippen LogP contribution < -0.4 is 5.32 Å². The van der Waals surface area contributed by atoms with Crippen molar-refractivity contribution in [2.24, 2.45) is 0 Å². The first-order valence-corrected chi connectivity index (χ1v) is 8.13. The number of alkyl halides is 2. The van der Waals surface area contributed by atoms with E-state index in [0.717, 1.165) is 6.42 Å². The highest BCUT2D eigenvalue weighted by atomic mass is 19.3. The molecule has 128 valence electrons. The maximum Gasteiger partial charge on any atom is 0.263 e. The quantitative estimate of drug-likeness (QED) is 0.750. The predicted octanol–water partition coefficient (Wildman–Crippen LogP) is 0.514. The number of imide groups is 1. The summed E-state index contributed by atoms with van der Waals surface area (Å²) in [5, 5.41) is 2.23. The van der Waals surface area contributed by atoms with Gasteiger partial charge in [-0.1, -0.05) is 6.42 Å². The van der Waals surface area contributed by atoms with E-state index in [-0.39, 0.29) is 37.7 Å². The first-order valence-electron chi connectivity index (χ1n) is 8.13. The third-order valence-electron chi connectivity index (χ3n) is 5.04. The van der Waals surface area contributed by atoms with E-state index in [0.29, 0.717) is 25.8 Å². The van der Waals surface area contributed by atoms with E-state index in [1.807, 2.05) is 0 Å². The standard InChI is InChI=1S/C15H21F2N3O3/c16-15(17)6-2-1-3-11(15)19-7-8-20(13(22)9-19)10-4-5-12(21)18-14(10)23/h10-11H,1-9H2,(H,18,21,23). The fraction of sp³-hybridized carbons (Fsp3) is 0.800. The zero-order valence-electron chi connectivity index (χ0n) is 12.9. The first kappa shape index (κ1) is 16.3. The molecule has 0 aromatic rings. The van der Waals surface area contributed by atoms with Gasteiger partial charge in [-0.05, 0) is 19.3 Å². The van der Waals surface area contributed by atoms with Crippen LogP contribution in [0.2, 0.25) is 0 Å². The lowest BCUT2D eigenvalue weighted by Gasteiger charge is -2.45. The van der Waals surface area contributed by atoms with Crippen LogP contribution in [0.4, 0.5) is 8.78 Å². The lowest BCUT2D eigenvalue weighted by atomic mass is 9.89. The maximum atomic E-state index is 14.1. The molecule has 0 aromatic heterocycles. The Hall–Kier alpha value is -1.57. The fourth-order valence-electron chi connectivity index (χ4n) is 3.81. The summed E-state index contributed by atoms with van der Waals surface area (Å²) in [5.41, 5.74) is 0. The number of amides is 3. The van der Waals surface area contributed by atoms with Gasteiger partial charge >= 0.3 is 0 Å². The Labute approximate surface area is 133 Å². The number of halogens is 2. The average molecular weight is 329 g/mol. The van der Waals surface area contributed by atoms with E-state index in [4.69, 9.17) is 0 Å². The SMILES string of the molecule is O=C1CCC(N2CCN(C3CCCCC3(F)F)CC2=O)C(=O)N1. The van der Waals surface area contributed by atoms with Crippen LogP contribution in [-0.2, 0) is 14.4 Å². The molecule has 8 heteroatoms. The van der Waals surface area contributed by atoms with Crippen LogP contribution in [0.15, 0.2) is 0 Å². The van der Waals surface area contributed by atoms with Gasteiger partial charge in [-0.3, -0.25) is 24.6 Å². The average Bonchev–Trinajstić information content (AvgIpc) is 2.47. The zero-order chi connectivity index (χ0) is 16.6. The second-order valence-corrected chi connectivity index (χ2v) is 6.55. The van der Waals surface area contributed by atoms with Gasteiger partial charge in [0.25, 0.3) is 5.92 Å². The van der Waals surface area contributed by atoms with Crippen molar-refractivity contribution in [1.82, 2.24) is 15.1 Å². The van der Waals surface area contributed by atoms with Gasteiger partial charge in [0.15, 0.2) is 0 Å². The molecule has 2 saturated heterocycles. The van der Waals surface area contributed by atoms with Crippen LogP contribution in [0.1, 0.15) is 38.5 Å². The molecule has 1 aliphatic carbocycles. The van der Waals surface area contributed by atoms with Gasteiger partial charge in [-0.15, -0.1) is 0 Å². The Morgan fingerprint density at radius 3 is 2.52 bits per heavy atom. The number of nitrogens with zero attached hydrogens (tertiary/aromatic N) is 2. The normalized spacial score (nSPS) is 32.8. The summed E-state index contributed by atoms with van der Waals surface area (Å²) in [6.07, 6.45) is 2.05. The van der Waals surface area contributed by atoms with Gasteiger partial charge in [-0.25, -0.2) is 8.78 Å². The molecule has 0 spiro atoms. The minimum absolute atomic E-state index is 0.0853. The topological polar surface area (TPSA) is 69.7 Å². The Bertz CT molecular complexity index is 526. The largest absolute Gasteiger partial charge is 0.328 e. The summed E-state index contributed by atoms with van der Waals surface area (Å²) >= 11 is 0. The third-order valence-corrected chi connectivity index (χ3v) is 5.04. The highest BCUT2D eigenvalue weighted by molar-refractivity contribution is 6.01. The second-order valence-electron chi connectivity index (χ2n) is 6.55. The number of nitrogens with one attached hydrogen (secondary N) is 1. The van der Waals surface area contributed by atoms with Crippen LogP contribution in [0.5, 0.6) is 0 Å². The fourth-order valence-corrected chi connectivity index (χ4v) is 3.81. The number of carbonyl (C=O) groups excluding carboxylic acids is 3. The van der Waals surface area contributed by atoms with Crippen molar-refractivity contribution in [1.29, 1.82) is 0 Å². The molecule has 0 radical (unpaired) electrons. The molecule has 2 unspecified atom stereocenters. The Kier molecular flexibility index (Phi) is 4.35. The van der Waals surface area contributed by atoms with Crippen molar-refractivity contribution >= 4 is 17.7 Å². The first-order chi connectivity index (χ1) is 10.9. The number of carbonyl (C=O) groups is 3. The molecule has 3 fully saturated rings. The number of hydrogen-bond acceptors (Lipinski definition) is 4. The van der Waals surface area contributed by atoms with Crippen LogP contribution in [-0.4, -0.2) is 65.2 Å². The van der Waals surface area contributed by atoms with Crippen molar-refractivity contribution in [2.45, 2.75) is 56.5 Å². The van der Waals surface area contributed by atoms with Crippen LogP contribution in [0.25, 0.3) is 0 Å². The number of hydrogen-bond donors (Lipinski definition) is 1. The Morgan fingerprint density at radius 2 is 1.87 bits per heavy atom. The number of piperazine rings is 1. The highest BCUT2D eigenvalue weighted by Gasteiger charge is 2.47. The van der Waals surface area contributed by atoms with E-state index in [1.165, 1.54) is 4.90 Å². The minimum Gasteiger partial charge on any atom is -0.328 e. The van der Waals surface area contributed by atoms with Gasteiger partial charge < -0.3 is 4.90 Å². The summed E-state index contributed by atoms with van der Waals surface area (Å²) in [5.74, 6) is -3.87. The van der Waals surface area contributed by atoms with E-state index >= 15 is 0 Å².